The highest BCUT2D eigenvalue weighted by Crippen LogP contribution is 2.64. The summed E-state index contributed by atoms with van der Waals surface area (Å²) in [5.41, 5.74) is 1.85. The Balaban J connectivity index is 2.64. The molecule has 0 aromatic carbocycles. The molecule has 0 N–H and O–H groups in total. The van der Waals surface area contributed by atoms with Gasteiger partial charge >= 0.3 is 0 Å². The Morgan fingerprint density at radius 2 is 1.36 bits per heavy atom. The van der Waals surface area contributed by atoms with E-state index in [1.54, 1.807) is 0 Å². The van der Waals surface area contributed by atoms with Crippen LogP contribution in [0.25, 0.3) is 0 Å². The Morgan fingerprint density at radius 1 is 1.00 bits per heavy atom. The second kappa shape index (κ2) is 3.52. The van der Waals surface area contributed by atoms with Crippen molar-refractivity contribution < 1.29 is 0 Å². The molecule has 1 fully saturated rings. The third-order valence-corrected chi connectivity index (χ3v) is 7.60. The van der Waals surface area contributed by atoms with Crippen molar-refractivity contribution >= 4 is 21.6 Å². The highest BCUT2D eigenvalue weighted by molar-refractivity contribution is 7.82. The van der Waals surface area contributed by atoms with Crippen LogP contribution in [0.4, 0.5) is 0 Å². The molecule has 1 rings (SSSR count). The Hall–Kier alpha value is 0.560. The van der Waals surface area contributed by atoms with E-state index in [-0.39, 0.29) is 0 Å². The van der Waals surface area contributed by atoms with Crippen molar-refractivity contribution in [3.63, 3.8) is 0 Å². The second-order valence-electron chi connectivity index (χ2n) is 3.97. The maximum atomic E-state index is 2.51. The Labute approximate surface area is 73.3 Å². The third-order valence-electron chi connectivity index (χ3n) is 3.10. The third kappa shape index (κ3) is 1.66. The van der Waals surface area contributed by atoms with Crippen molar-refractivity contribution in [2.75, 3.05) is 13.3 Å². The van der Waals surface area contributed by atoms with E-state index < -0.39 is 7.26 Å². The predicted molar refractivity (Wildman–Crippen MR) is 58.4 cm³/mol. The van der Waals surface area contributed by atoms with E-state index in [9.17, 15) is 0 Å². The zero-order valence-corrected chi connectivity index (χ0v) is 9.07. The molecule has 1 saturated heterocycles. The number of rotatable bonds is 2. The van der Waals surface area contributed by atoms with Gasteiger partial charge in [-0.25, -0.2) is 0 Å². The SMILES string of the molecule is CCC1[B][B]C(CC)[P+]1(C)C. The lowest BCUT2D eigenvalue weighted by molar-refractivity contribution is 0.983. The fourth-order valence-corrected chi connectivity index (χ4v) is 5.62. The zero-order chi connectivity index (χ0) is 8.48. The van der Waals surface area contributed by atoms with Gasteiger partial charge in [0.15, 0.2) is 0 Å². The standard InChI is InChI=1S/C8H18B2P/c1-5-7-9-10-8(6-2)11(7,3)4/h7-8H,5-6H2,1-4H3/q+1. The van der Waals surface area contributed by atoms with E-state index >= 15 is 0 Å². The minimum atomic E-state index is -0.625. The van der Waals surface area contributed by atoms with Gasteiger partial charge < -0.3 is 0 Å². The van der Waals surface area contributed by atoms with Crippen molar-refractivity contribution in [2.24, 2.45) is 0 Å². The van der Waals surface area contributed by atoms with Crippen molar-refractivity contribution in [1.29, 1.82) is 0 Å². The minimum Gasteiger partial charge on any atom is -0.0625 e. The molecule has 0 spiro atoms. The molecule has 1 aliphatic rings. The van der Waals surface area contributed by atoms with E-state index in [1.165, 1.54) is 12.8 Å². The van der Waals surface area contributed by atoms with Gasteiger partial charge in [0.25, 0.3) is 0 Å². The van der Waals surface area contributed by atoms with E-state index in [2.05, 4.69) is 41.5 Å². The Morgan fingerprint density at radius 3 is 1.55 bits per heavy atom. The maximum absolute atomic E-state index is 2.51. The minimum absolute atomic E-state index is 0.625. The zero-order valence-electron chi connectivity index (χ0n) is 8.17. The smallest absolute Gasteiger partial charge is 0.0625 e. The van der Waals surface area contributed by atoms with Gasteiger partial charge in [0.1, 0.15) is 14.3 Å². The van der Waals surface area contributed by atoms with Gasteiger partial charge in [0.05, 0.1) is 0 Å². The van der Waals surface area contributed by atoms with Crippen LogP contribution in [0.3, 0.4) is 0 Å². The average molecular weight is 167 g/mol. The molecule has 11 heavy (non-hydrogen) atoms. The molecule has 0 bridgehead atoms. The van der Waals surface area contributed by atoms with Crippen LogP contribution in [0, 0.1) is 0 Å². The molecule has 2 atom stereocenters. The Bertz CT molecular complexity index is 122. The van der Waals surface area contributed by atoms with E-state index in [4.69, 9.17) is 0 Å². The van der Waals surface area contributed by atoms with Crippen LogP contribution in [-0.4, -0.2) is 38.8 Å². The summed E-state index contributed by atoms with van der Waals surface area (Å²) in [4.78, 5) is 0. The largest absolute Gasteiger partial charge is 0.126 e. The van der Waals surface area contributed by atoms with Crippen LogP contribution in [-0.2, 0) is 0 Å². The van der Waals surface area contributed by atoms with Gasteiger partial charge in [-0.3, -0.25) is 0 Å². The van der Waals surface area contributed by atoms with E-state index in [1.807, 2.05) is 0 Å². The molecule has 0 aromatic rings. The van der Waals surface area contributed by atoms with Crippen LogP contribution in [0.5, 0.6) is 0 Å². The number of hydrogen-bond donors (Lipinski definition) is 0. The van der Waals surface area contributed by atoms with Gasteiger partial charge in [-0.1, -0.05) is 13.8 Å². The van der Waals surface area contributed by atoms with Gasteiger partial charge in [0, 0.05) is 24.4 Å². The van der Waals surface area contributed by atoms with Crippen molar-refractivity contribution in [1.82, 2.24) is 0 Å². The first-order chi connectivity index (χ1) is 5.12. The number of hydrogen-bond acceptors (Lipinski definition) is 0. The fourth-order valence-electron chi connectivity index (χ4n) is 2.16. The lowest BCUT2D eigenvalue weighted by Gasteiger charge is -2.26. The summed E-state index contributed by atoms with van der Waals surface area (Å²) in [6.45, 7) is 9.65. The molecule has 3 heteroatoms. The first kappa shape index (κ1) is 9.65. The van der Waals surface area contributed by atoms with E-state index in [0.717, 1.165) is 11.1 Å². The lowest BCUT2D eigenvalue weighted by Crippen LogP contribution is -2.13. The van der Waals surface area contributed by atoms with Gasteiger partial charge in [0.2, 0.25) is 0 Å². The first-order valence-corrected chi connectivity index (χ1v) is 7.46. The molecule has 0 aromatic heterocycles. The molecule has 1 heterocycles. The topological polar surface area (TPSA) is 0 Å². The molecule has 0 saturated carbocycles. The summed E-state index contributed by atoms with van der Waals surface area (Å²) in [6, 6.07) is 0. The van der Waals surface area contributed by atoms with Crippen LogP contribution < -0.4 is 0 Å². The molecule has 60 valence electrons. The van der Waals surface area contributed by atoms with Crippen LogP contribution in [0.1, 0.15) is 26.7 Å². The Kier molecular flexibility index (Phi) is 3.09. The molecule has 0 aliphatic carbocycles. The second-order valence-corrected chi connectivity index (χ2v) is 8.55. The van der Waals surface area contributed by atoms with Crippen LogP contribution in [0.15, 0.2) is 0 Å². The molecule has 0 amide bonds. The van der Waals surface area contributed by atoms with Crippen molar-refractivity contribution in [2.45, 2.75) is 37.8 Å². The predicted octanol–water partition coefficient (Wildman–Crippen LogP) is 2.07. The summed E-state index contributed by atoms with van der Waals surface area (Å²) in [7, 11) is 4.30. The van der Waals surface area contributed by atoms with Gasteiger partial charge in [-0.2, -0.15) is 0 Å². The molecule has 2 unspecified atom stereocenters. The summed E-state index contributed by atoms with van der Waals surface area (Å²) in [5.74, 6) is 0. The summed E-state index contributed by atoms with van der Waals surface area (Å²) >= 11 is 0. The summed E-state index contributed by atoms with van der Waals surface area (Å²) < 4.78 is 0. The average Bonchev–Trinajstić information content (AvgIpc) is 2.24. The van der Waals surface area contributed by atoms with Crippen LogP contribution >= 0.6 is 7.26 Å². The highest BCUT2D eigenvalue weighted by atomic mass is 31.2. The first-order valence-electron chi connectivity index (χ1n) is 4.64. The van der Waals surface area contributed by atoms with E-state index in [0.29, 0.717) is 0 Å². The monoisotopic (exact) mass is 167 g/mol. The van der Waals surface area contributed by atoms with Crippen LogP contribution in [0.2, 0.25) is 0 Å². The fraction of sp³-hybridized carbons (Fsp3) is 1.00. The highest BCUT2D eigenvalue weighted by Gasteiger charge is 2.47. The molecule has 0 nitrogen and oxygen atoms in total. The molecular formula is C8H18B2P+. The summed E-state index contributed by atoms with van der Waals surface area (Å²) in [6.07, 6.45) is 2.68. The maximum Gasteiger partial charge on any atom is 0.126 e. The molecule has 2 radical (unpaired) electrons. The molecule has 1 aliphatic heterocycles. The van der Waals surface area contributed by atoms with Gasteiger partial charge in [-0.15, -0.1) is 0 Å². The normalized spacial score (nSPS) is 34.5. The van der Waals surface area contributed by atoms with Crippen molar-refractivity contribution in [3.8, 4) is 0 Å². The van der Waals surface area contributed by atoms with Gasteiger partial charge in [-0.05, 0) is 20.1 Å². The molecular weight excluding hydrogens is 149 g/mol. The lowest BCUT2D eigenvalue weighted by atomic mass is 9.36. The van der Waals surface area contributed by atoms with Crippen molar-refractivity contribution in [3.05, 3.63) is 0 Å². The summed E-state index contributed by atoms with van der Waals surface area (Å²) in [5, 5.41) is 0. The quantitative estimate of drug-likeness (QED) is 0.436.